The molecule has 0 fully saturated rings. The highest BCUT2D eigenvalue weighted by Crippen LogP contribution is 2.30. The van der Waals surface area contributed by atoms with Crippen LogP contribution in [0.5, 0.6) is 17.2 Å². The molecule has 0 aromatic heterocycles. The smallest absolute Gasteiger partial charge is 0.169 e. The fourth-order valence-corrected chi connectivity index (χ4v) is 3.92. The number of nitrogens with one attached hydrogen (secondary N) is 2. The summed E-state index contributed by atoms with van der Waals surface area (Å²) < 4.78 is 19.1. The molecular weight excluding hydrogens is 524 g/mol. The van der Waals surface area contributed by atoms with E-state index in [4.69, 9.17) is 31.5 Å². The highest BCUT2D eigenvalue weighted by atomic mass is 16.6. The minimum absolute atomic E-state index is 0.273. The molecule has 2 atom stereocenters. The third-order valence-corrected chi connectivity index (χ3v) is 6.11. The average Bonchev–Trinajstić information content (AvgIpc) is 3.01. The zero-order chi connectivity index (χ0) is 30.2. The fourth-order valence-electron chi connectivity index (χ4n) is 3.92. The van der Waals surface area contributed by atoms with Gasteiger partial charge >= 0.3 is 0 Å². The zero-order valence-corrected chi connectivity index (χ0v) is 23.7. The van der Waals surface area contributed by atoms with Gasteiger partial charge in [-0.15, -0.1) is 6.42 Å². The van der Waals surface area contributed by atoms with E-state index in [2.05, 4.69) is 28.8 Å². The molecule has 7 heteroatoms. The summed E-state index contributed by atoms with van der Waals surface area (Å²) in [6.07, 6.45) is 5.14. The van der Waals surface area contributed by atoms with E-state index in [1.54, 1.807) is 0 Å². The van der Waals surface area contributed by atoms with Crippen molar-refractivity contribution in [1.82, 2.24) is 0 Å². The first-order chi connectivity index (χ1) is 20.5. The van der Waals surface area contributed by atoms with E-state index in [1.165, 1.54) is 6.01 Å². The number of rotatable bonds is 11. The molecule has 0 heterocycles. The number of aliphatic imine (C=N–C) groups is 2. The minimum atomic E-state index is -0.448. The molecule has 42 heavy (non-hydrogen) atoms. The molecule has 2 N–H and O–H groups in total. The highest BCUT2D eigenvalue weighted by Gasteiger charge is 2.26. The van der Waals surface area contributed by atoms with Crippen molar-refractivity contribution in [2.24, 2.45) is 9.98 Å². The van der Waals surface area contributed by atoms with Crippen LogP contribution in [0.25, 0.3) is 0 Å². The van der Waals surface area contributed by atoms with Crippen molar-refractivity contribution in [3.05, 3.63) is 121 Å². The van der Waals surface area contributed by atoms with Crippen LogP contribution in [0, 0.1) is 43.9 Å². The van der Waals surface area contributed by atoms with E-state index in [0.717, 1.165) is 22.6 Å². The Morgan fingerprint density at radius 3 is 1.83 bits per heavy atom. The Morgan fingerprint density at radius 2 is 1.21 bits per heavy atom. The highest BCUT2D eigenvalue weighted by molar-refractivity contribution is 5.65. The molecule has 0 aliphatic carbocycles. The number of ether oxygens (including phenoxy) is 3. The maximum absolute atomic E-state index is 6.46. The molecule has 0 bridgehead atoms. The molecule has 0 saturated carbocycles. The lowest BCUT2D eigenvalue weighted by Crippen LogP contribution is -2.41. The first kappa shape index (κ1) is 31.1. The van der Waals surface area contributed by atoms with Crippen molar-refractivity contribution in [2.45, 2.75) is 32.5 Å². The predicted octanol–water partition coefficient (Wildman–Crippen LogP) is 8.24. The quantitative estimate of drug-likeness (QED) is 0.143. The van der Waals surface area contributed by atoms with Gasteiger partial charge in [0.25, 0.3) is 0 Å². The van der Waals surface area contributed by atoms with Crippen molar-refractivity contribution in [1.29, 1.82) is 10.8 Å². The van der Waals surface area contributed by atoms with Gasteiger partial charge < -0.3 is 14.2 Å². The summed E-state index contributed by atoms with van der Waals surface area (Å²) >= 11 is 0. The molecule has 4 aromatic carbocycles. The number of hydrogen-bond donors (Lipinski definition) is 2. The molecule has 211 valence electrons. The van der Waals surface area contributed by atoms with E-state index in [0.29, 0.717) is 29.1 Å². The minimum Gasteiger partial charge on any atom is -0.489 e. The van der Waals surface area contributed by atoms with E-state index < -0.39 is 12.2 Å². The number of para-hydroxylation sites is 5. The molecule has 0 aliphatic rings. The van der Waals surface area contributed by atoms with Crippen molar-refractivity contribution in [3.63, 3.8) is 0 Å². The van der Waals surface area contributed by atoms with Gasteiger partial charge in [0.05, 0.1) is 17.3 Å². The largest absolute Gasteiger partial charge is 0.489 e. The normalized spacial score (nSPS) is 11.2. The monoisotopic (exact) mass is 557 g/mol. The fraction of sp³-hybridized carbons (Fsp3) is 0.171. The van der Waals surface area contributed by atoms with E-state index in [9.17, 15) is 0 Å². The Labute approximate surface area is 247 Å². The summed E-state index contributed by atoms with van der Waals surface area (Å²) in [6.45, 7) is 8.44. The SMILES string of the molecule is C#Cc1ccccc1N=C=Nc1ccccc1OC(C[CH2])C(COc1ccccc1C)Oc1ccccc1C.N=C=N. The maximum atomic E-state index is 6.46. The first-order valence-corrected chi connectivity index (χ1v) is 13.3. The van der Waals surface area contributed by atoms with Crippen LogP contribution < -0.4 is 14.2 Å². The van der Waals surface area contributed by atoms with Crippen LogP contribution in [-0.4, -0.2) is 30.8 Å². The van der Waals surface area contributed by atoms with Gasteiger partial charge in [-0.3, -0.25) is 0 Å². The summed E-state index contributed by atoms with van der Waals surface area (Å²) in [5.74, 6) is 4.75. The number of hydrogen-bond acceptors (Lipinski definition) is 7. The Hall–Kier alpha value is -5.40. The summed E-state index contributed by atoms with van der Waals surface area (Å²) in [4.78, 5) is 8.74. The average molecular weight is 558 g/mol. The third-order valence-electron chi connectivity index (χ3n) is 6.11. The lowest BCUT2D eigenvalue weighted by atomic mass is 10.1. The Bertz CT molecular complexity index is 1600. The van der Waals surface area contributed by atoms with Gasteiger partial charge in [-0.1, -0.05) is 66.6 Å². The molecule has 0 saturated heterocycles. The number of aryl methyl sites for hydroxylation is 2. The van der Waals surface area contributed by atoms with Gasteiger partial charge in [-0.2, -0.15) is 9.98 Å². The second kappa shape index (κ2) is 16.6. The van der Waals surface area contributed by atoms with Crippen LogP contribution in [0.15, 0.2) is 107 Å². The molecule has 4 aromatic rings. The number of terminal acetylenes is 1. The molecule has 0 aliphatic heterocycles. The van der Waals surface area contributed by atoms with Gasteiger partial charge in [0.1, 0.15) is 41.7 Å². The molecule has 0 amide bonds. The summed E-state index contributed by atoms with van der Waals surface area (Å²) in [5, 5.41) is 11.2. The maximum Gasteiger partial charge on any atom is 0.169 e. The van der Waals surface area contributed by atoms with Gasteiger partial charge in [0.2, 0.25) is 0 Å². The van der Waals surface area contributed by atoms with Gasteiger partial charge in [0, 0.05) is 0 Å². The summed E-state index contributed by atoms with van der Waals surface area (Å²) in [7, 11) is 0. The summed E-state index contributed by atoms with van der Waals surface area (Å²) in [6, 6.07) is 34.6. The van der Waals surface area contributed by atoms with Crippen LogP contribution in [0.4, 0.5) is 11.4 Å². The second-order valence-corrected chi connectivity index (χ2v) is 9.02. The van der Waals surface area contributed by atoms with Crippen molar-refractivity contribution < 1.29 is 14.2 Å². The molecule has 1 radical (unpaired) electrons. The number of benzene rings is 4. The second-order valence-electron chi connectivity index (χ2n) is 9.02. The topological polar surface area (TPSA) is 100 Å². The lowest BCUT2D eigenvalue weighted by molar-refractivity contribution is 0.0237. The van der Waals surface area contributed by atoms with Crippen LogP contribution in [-0.2, 0) is 0 Å². The first-order valence-electron chi connectivity index (χ1n) is 13.3. The van der Waals surface area contributed by atoms with Gasteiger partial charge in [-0.25, -0.2) is 10.8 Å². The van der Waals surface area contributed by atoms with Crippen LogP contribution in [0.3, 0.4) is 0 Å². The van der Waals surface area contributed by atoms with Crippen LogP contribution in [0.2, 0.25) is 0 Å². The van der Waals surface area contributed by atoms with E-state index in [1.807, 2.05) is 111 Å². The Morgan fingerprint density at radius 1 is 0.714 bits per heavy atom. The Balaban J connectivity index is 0.00000155. The van der Waals surface area contributed by atoms with E-state index in [-0.39, 0.29) is 6.61 Å². The molecular formula is C35H33N4O3. The Kier molecular flexibility index (Phi) is 12.3. The molecule has 7 nitrogen and oxygen atoms in total. The van der Waals surface area contributed by atoms with Crippen molar-refractivity contribution in [3.8, 4) is 29.6 Å². The molecule has 0 spiro atoms. The van der Waals surface area contributed by atoms with Crippen molar-refractivity contribution in [2.75, 3.05) is 6.61 Å². The van der Waals surface area contributed by atoms with E-state index >= 15 is 0 Å². The zero-order valence-electron chi connectivity index (χ0n) is 23.7. The third kappa shape index (κ3) is 9.08. The molecule has 2 unspecified atom stereocenters. The van der Waals surface area contributed by atoms with Crippen LogP contribution >= 0.6 is 0 Å². The molecule has 4 rings (SSSR count). The predicted molar refractivity (Wildman–Crippen MR) is 167 cm³/mol. The lowest BCUT2D eigenvalue weighted by Gasteiger charge is -2.29. The van der Waals surface area contributed by atoms with Crippen molar-refractivity contribution >= 4 is 23.4 Å². The summed E-state index contributed by atoms with van der Waals surface area (Å²) in [5.41, 5.74) is 3.94. The van der Waals surface area contributed by atoms with Gasteiger partial charge in [0.15, 0.2) is 6.10 Å². The standard InChI is InChI=1S/C34H31N2O3.CH2N2/c1-5-27-17-9-10-18-28(27)35-24-36-29-19-11-14-22-33(29)38-30(6-2)34(39-32-21-13-8-16-26(32)4)23-37-31-20-12-7-15-25(31)3;2-1-3/h1,7-22,30,34H,2,6,23H2,3-4H3;2-3H. The number of nitrogens with zero attached hydrogens (tertiary/aromatic N) is 2. The van der Waals surface area contributed by atoms with Crippen LogP contribution in [0.1, 0.15) is 23.1 Å². The van der Waals surface area contributed by atoms with Gasteiger partial charge in [-0.05, 0) is 74.7 Å².